The highest BCUT2D eigenvalue weighted by Crippen LogP contribution is 2.36. The number of aryl methyl sites for hydroxylation is 1. The molecule has 2 aromatic rings. The molecule has 0 N–H and O–H groups in total. The van der Waals surface area contributed by atoms with Crippen LogP contribution in [0.5, 0.6) is 0 Å². The predicted octanol–water partition coefficient (Wildman–Crippen LogP) is 5.61. The van der Waals surface area contributed by atoms with Gasteiger partial charge in [-0.05, 0) is 42.3 Å². The summed E-state index contributed by atoms with van der Waals surface area (Å²) in [6.45, 7) is 1.91. The molecule has 0 amide bonds. The van der Waals surface area contributed by atoms with Gasteiger partial charge in [-0.15, -0.1) is 0 Å². The van der Waals surface area contributed by atoms with Crippen molar-refractivity contribution in [1.82, 2.24) is 0 Å². The SMILES string of the molecule is Cc1cc(Cl)c(C(C#N)c2ccc(Cl)cc2)c(Cl)c1. The van der Waals surface area contributed by atoms with Crippen LogP contribution in [0.1, 0.15) is 22.6 Å². The van der Waals surface area contributed by atoms with E-state index in [1.807, 2.05) is 31.2 Å². The lowest BCUT2D eigenvalue weighted by Crippen LogP contribution is -2.00. The maximum Gasteiger partial charge on any atom is 0.0991 e. The van der Waals surface area contributed by atoms with Crippen molar-refractivity contribution in [2.45, 2.75) is 12.8 Å². The van der Waals surface area contributed by atoms with Crippen molar-refractivity contribution < 1.29 is 0 Å². The third kappa shape index (κ3) is 3.04. The Hall–Kier alpha value is -1.20. The number of nitrogens with zero attached hydrogens (tertiary/aromatic N) is 1. The van der Waals surface area contributed by atoms with Gasteiger partial charge in [0.2, 0.25) is 0 Å². The van der Waals surface area contributed by atoms with Crippen molar-refractivity contribution in [3.63, 3.8) is 0 Å². The monoisotopic (exact) mass is 309 g/mol. The molecule has 0 aromatic heterocycles. The van der Waals surface area contributed by atoms with E-state index in [0.29, 0.717) is 20.6 Å². The van der Waals surface area contributed by atoms with Crippen molar-refractivity contribution in [2.24, 2.45) is 0 Å². The lowest BCUT2D eigenvalue weighted by atomic mass is 9.92. The number of hydrogen-bond acceptors (Lipinski definition) is 1. The molecule has 1 unspecified atom stereocenters. The van der Waals surface area contributed by atoms with Crippen molar-refractivity contribution in [3.05, 3.63) is 68.2 Å². The molecule has 0 aliphatic rings. The van der Waals surface area contributed by atoms with E-state index in [2.05, 4.69) is 6.07 Å². The van der Waals surface area contributed by atoms with Crippen molar-refractivity contribution in [3.8, 4) is 6.07 Å². The summed E-state index contributed by atoms with van der Waals surface area (Å²) in [7, 11) is 0. The van der Waals surface area contributed by atoms with Gasteiger partial charge in [0.05, 0.1) is 12.0 Å². The highest BCUT2D eigenvalue weighted by molar-refractivity contribution is 6.36. The largest absolute Gasteiger partial charge is 0.197 e. The number of hydrogen-bond donors (Lipinski definition) is 0. The van der Waals surface area contributed by atoms with Gasteiger partial charge in [0.15, 0.2) is 0 Å². The summed E-state index contributed by atoms with van der Waals surface area (Å²) in [5, 5.41) is 11.1. The van der Waals surface area contributed by atoms with Crippen molar-refractivity contribution in [1.29, 1.82) is 5.26 Å². The smallest absolute Gasteiger partial charge is 0.0991 e. The number of rotatable bonds is 2. The Balaban J connectivity index is 2.55. The topological polar surface area (TPSA) is 23.8 Å². The Morgan fingerprint density at radius 1 is 1.00 bits per heavy atom. The first-order valence-corrected chi connectivity index (χ1v) is 6.77. The third-order valence-corrected chi connectivity index (χ3v) is 3.72. The fourth-order valence-corrected chi connectivity index (χ4v) is 2.89. The average Bonchev–Trinajstić information content (AvgIpc) is 2.35. The summed E-state index contributed by atoms with van der Waals surface area (Å²) >= 11 is 18.3. The van der Waals surface area contributed by atoms with Gasteiger partial charge in [-0.25, -0.2) is 0 Å². The Labute approximate surface area is 127 Å². The van der Waals surface area contributed by atoms with Crippen LogP contribution in [0, 0.1) is 18.3 Å². The highest BCUT2D eigenvalue weighted by atomic mass is 35.5. The molecule has 4 heteroatoms. The fourth-order valence-electron chi connectivity index (χ4n) is 1.95. The molecule has 0 aliphatic heterocycles. The molecule has 1 nitrogen and oxygen atoms in total. The van der Waals surface area contributed by atoms with Crippen LogP contribution in [0.25, 0.3) is 0 Å². The van der Waals surface area contributed by atoms with Gasteiger partial charge in [-0.2, -0.15) is 5.26 Å². The van der Waals surface area contributed by atoms with Gasteiger partial charge in [-0.1, -0.05) is 46.9 Å². The second-order valence-electron chi connectivity index (χ2n) is 4.26. The van der Waals surface area contributed by atoms with Gasteiger partial charge in [0.25, 0.3) is 0 Å². The zero-order valence-electron chi connectivity index (χ0n) is 10.1. The minimum Gasteiger partial charge on any atom is -0.197 e. The summed E-state index contributed by atoms with van der Waals surface area (Å²) in [6, 6.07) is 13.0. The van der Waals surface area contributed by atoms with E-state index in [-0.39, 0.29) is 0 Å². The van der Waals surface area contributed by atoms with Gasteiger partial charge in [-0.3, -0.25) is 0 Å². The van der Waals surface area contributed by atoms with Crippen molar-refractivity contribution in [2.75, 3.05) is 0 Å². The van der Waals surface area contributed by atoms with Gasteiger partial charge in [0, 0.05) is 20.6 Å². The molecule has 19 heavy (non-hydrogen) atoms. The molecular formula is C15H10Cl3N. The second kappa shape index (κ2) is 5.84. The summed E-state index contributed by atoms with van der Waals surface area (Å²) < 4.78 is 0. The number of benzene rings is 2. The minimum atomic E-state index is -0.502. The van der Waals surface area contributed by atoms with Crippen LogP contribution in [-0.4, -0.2) is 0 Å². The van der Waals surface area contributed by atoms with E-state index in [9.17, 15) is 5.26 Å². The van der Waals surface area contributed by atoms with Gasteiger partial charge in [0.1, 0.15) is 0 Å². The van der Waals surface area contributed by atoms with E-state index < -0.39 is 5.92 Å². The van der Waals surface area contributed by atoms with Crippen LogP contribution in [0.2, 0.25) is 15.1 Å². The molecule has 1 atom stereocenters. The predicted molar refractivity (Wildman–Crippen MR) is 80.1 cm³/mol. The first kappa shape index (κ1) is 14.2. The fraction of sp³-hybridized carbons (Fsp3) is 0.133. The average molecular weight is 311 g/mol. The van der Waals surface area contributed by atoms with E-state index in [1.165, 1.54) is 0 Å². The van der Waals surface area contributed by atoms with E-state index in [0.717, 1.165) is 11.1 Å². The number of halogens is 3. The molecule has 2 rings (SSSR count). The number of nitriles is 1. The zero-order valence-corrected chi connectivity index (χ0v) is 12.4. The summed E-state index contributed by atoms with van der Waals surface area (Å²) in [6.07, 6.45) is 0. The molecule has 0 bridgehead atoms. The molecule has 0 saturated heterocycles. The maximum absolute atomic E-state index is 9.42. The molecule has 0 fully saturated rings. The molecular weight excluding hydrogens is 301 g/mol. The van der Waals surface area contributed by atoms with Crippen LogP contribution in [-0.2, 0) is 0 Å². The van der Waals surface area contributed by atoms with Crippen LogP contribution in [0.3, 0.4) is 0 Å². The molecule has 0 saturated carbocycles. The molecule has 0 radical (unpaired) electrons. The Morgan fingerprint density at radius 2 is 1.53 bits per heavy atom. The van der Waals surface area contributed by atoms with Gasteiger partial charge < -0.3 is 0 Å². The van der Waals surface area contributed by atoms with Crippen LogP contribution >= 0.6 is 34.8 Å². The molecule has 0 aliphatic carbocycles. The Bertz CT molecular complexity index is 618. The minimum absolute atomic E-state index is 0.502. The first-order chi connectivity index (χ1) is 9.02. The van der Waals surface area contributed by atoms with E-state index in [4.69, 9.17) is 34.8 Å². The maximum atomic E-state index is 9.42. The first-order valence-electron chi connectivity index (χ1n) is 5.63. The standard InChI is InChI=1S/C15H10Cl3N/c1-9-6-13(17)15(14(18)7-9)12(8-19)10-2-4-11(16)5-3-10/h2-7,12H,1H3. The van der Waals surface area contributed by atoms with E-state index in [1.54, 1.807) is 12.1 Å². The Kier molecular flexibility index (Phi) is 4.37. The van der Waals surface area contributed by atoms with Crippen LogP contribution < -0.4 is 0 Å². The van der Waals surface area contributed by atoms with Crippen LogP contribution in [0.15, 0.2) is 36.4 Å². The lowest BCUT2D eigenvalue weighted by Gasteiger charge is -2.14. The normalized spacial score (nSPS) is 11.9. The quantitative estimate of drug-likeness (QED) is 0.707. The zero-order chi connectivity index (χ0) is 14.0. The van der Waals surface area contributed by atoms with Gasteiger partial charge >= 0.3 is 0 Å². The molecule has 0 spiro atoms. The van der Waals surface area contributed by atoms with E-state index >= 15 is 0 Å². The third-order valence-electron chi connectivity index (χ3n) is 2.84. The molecule has 2 aromatic carbocycles. The van der Waals surface area contributed by atoms with Crippen LogP contribution in [0.4, 0.5) is 0 Å². The summed E-state index contributed by atoms with van der Waals surface area (Å²) in [4.78, 5) is 0. The summed E-state index contributed by atoms with van der Waals surface area (Å²) in [5.74, 6) is -0.502. The summed E-state index contributed by atoms with van der Waals surface area (Å²) in [5.41, 5.74) is 2.42. The highest BCUT2D eigenvalue weighted by Gasteiger charge is 2.20. The van der Waals surface area contributed by atoms with Crippen molar-refractivity contribution >= 4 is 34.8 Å². The Morgan fingerprint density at radius 3 is 2.00 bits per heavy atom. The molecule has 96 valence electrons. The molecule has 0 heterocycles. The second-order valence-corrected chi connectivity index (χ2v) is 5.51. The lowest BCUT2D eigenvalue weighted by molar-refractivity contribution is 1.04.